The standard InChI is InChI=1S/C21H25N9O13P2/c1-7-27-18-11(19(33)28-7)26-6-30(18)21-13(32)15-9(41-21)3-39-44(34,35)42-14-8(2-38-45(36,37)43-15)40-20(12(14)31)29-5-25-10-16(22)23-4-24-17(10)29/h4-6,8-9,12-15,20-21,31-32H,2-3H2,1H3,(H,34,35)(H,36,37)(H2,22,23,24)(H,27,28,33)/p-1/t8-,9-,12-,13-,14-,15-,20-,21-/m1/s1. The molecule has 0 aliphatic carbocycles. The van der Waals surface area contributed by atoms with E-state index >= 15 is 0 Å². The highest BCUT2D eigenvalue weighted by molar-refractivity contribution is 7.47. The molecule has 242 valence electrons. The molecule has 3 saturated heterocycles. The molecule has 24 heteroatoms. The third-order valence-corrected chi connectivity index (χ3v) is 9.36. The maximum absolute atomic E-state index is 13.1. The van der Waals surface area contributed by atoms with Gasteiger partial charge < -0.3 is 49.2 Å². The first-order chi connectivity index (χ1) is 21.3. The van der Waals surface area contributed by atoms with Crippen molar-refractivity contribution in [1.82, 2.24) is 39.0 Å². The second kappa shape index (κ2) is 10.9. The molecule has 0 spiro atoms. The SMILES string of the molecule is Cc1nc2c(ncn2[C@@H]2O[C@@H]3COP(=O)(O)O[C@H]4[C@@H](O)[C@H](n5cnc6c(N)ncnc65)O[C@@H]4COP(=O)([O-])O[C@H]3[C@H]2O)c(=O)[nH]1. The van der Waals surface area contributed by atoms with Crippen LogP contribution in [0.2, 0.25) is 0 Å². The summed E-state index contributed by atoms with van der Waals surface area (Å²) in [5.41, 5.74) is 5.48. The van der Waals surface area contributed by atoms with Gasteiger partial charge in [0.2, 0.25) is 0 Å². The van der Waals surface area contributed by atoms with Crippen LogP contribution >= 0.6 is 15.6 Å². The first-order valence-electron chi connectivity index (χ1n) is 13.1. The van der Waals surface area contributed by atoms with Crippen LogP contribution in [0.25, 0.3) is 22.3 Å². The summed E-state index contributed by atoms with van der Waals surface area (Å²) in [6.45, 7) is -0.192. The molecule has 3 aliphatic heterocycles. The molecule has 4 aromatic heterocycles. The van der Waals surface area contributed by atoms with Crippen LogP contribution in [0.15, 0.2) is 23.8 Å². The highest BCUT2D eigenvalue weighted by Crippen LogP contribution is 2.52. The Labute approximate surface area is 249 Å². The molecule has 45 heavy (non-hydrogen) atoms. The largest absolute Gasteiger partial charge is 0.756 e. The zero-order valence-electron chi connectivity index (χ0n) is 22.8. The normalized spacial score (nSPS) is 37.7. The van der Waals surface area contributed by atoms with Crippen LogP contribution in [0.5, 0.6) is 0 Å². The number of rotatable bonds is 2. The van der Waals surface area contributed by atoms with Gasteiger partial charge in [-0.25, -0.2) is 29.5 Å². The summed E-state index contributed by atoms with van der Waals surface area (Å²) in [6, 6.07) is 0. The monoisotopic (exact) mass is 672 g/mol. The Morgan fingerprint density at radius 1 is 0.933 bits per heavy atom. The van der Waals surface area contributed by atoms with Gasteiger partial charge in [0, 0.05) is 0 Å². The number of aliphatic hydroxyl groups excluding tert-OH is 2. The fourth-order valence-corrected chi connectivity index (χ4v) is 7.32. The number of aryl methyl sites for hydroxylation is 1. The van der Waals surface area contributed by atoms with Gasteiger partial charge >= 0.3 is 7.82 Å². The van der Waals surface area contributed by atoms with Crippen molar-refractivity contribution in [2.75, 3.05) is 18.9 Å². The number of anilines is 1. The van der Waals surface area contributed by atoms with Crippen molar-refractivity contribution in [3.8, 4) is 0 Å². The van der Waals surface area contributed by atoms with Crippen molar-refractivity contribution in [3.05, 3.63) is 35.2 Å². The summed E-state index contributed by atoms with van der Waals surface area (Å²) in [4.78, 5) is 58.5. The molecule has 3 aliphatic rings. The van der Waals surface area contributed by atoms with E-state index in [1.807, 2.05) is 0 Å². The zero-order chi connectivity index (χ0) is 31.8. The average Bonchev–Trinajstić information content (AvgIpc) is 3.72. The van der Waals surface area contributed by atoms with E-state index in [2.05, 4.69) is 29.9 Å². The van der Waals surface area contributed by atoms with Gasteiger partial charge in [0.15, 0.2) is 35.1 Å². The number of phosphoric acid groups is 2. The summed E-state index contributed by atoms with van der Waals surface area (Å²) >= 11 is 0. The number of ether oxygens (including phenoxy) is 2. The third kappa shape index (κ3) is 5.37. The van der Waals surface area contributed by atoms with Gasteiger partial charge in [0.1, 0.15) is 54.3 Å². The van der Waals surface area contributed by atoms with Crippen LogP contribution < -0.4 is 16.2 Å². The predicted octanol–water partition coefficient (Wildman–Crippen LogP) is -2.25. The lowest BCUT2D eigenvalue weighted by Crippen LogP contribution is -2.40. The lowest BCUT2D eigenvalue weighted by Gasteiger charge is -2.32. The number of aliphatic hydroxyl groups is 2. The molecule has 3 fully saturated rings. The van der Waals surface area contributed by atoms with Crippen molar-refractivity contribution in [1.29, 1.82) is 0 Å². The van der Waals surface area contributed by atoms with E-state index in [4.69, 9.17) is 33.3 Å². The zero-order valence-corrected chi connectivity index (χ0v) is 24.6. The van der Waals surface area contributed by atoms with Crippen molar-refractivity contribution < 1.29 is 56.7 Å². The van der Waals surface area contributed by atoms with Gasteiger partial charge in [-0.05, 0) is 6.92 Å². The average molecular weight is 672 g/mol. The molecule has 7 heterocycles. The number of imidazole rings is 2. The number of nitrogen functional groups attached to an aromatic ring is 1. The molecule has 7 rings (SSSR count). The summed E-state index contributed by atoms with van der Waals surface area (Å²) in [7, 11) is -10.3. The van der Waals surface area contributed by atoms with Gasteiger partial charge in [-0.3, -0.25) is 27.5 Å². The minimum Gasteiger partial charge on any atom is -0.756 e. The Morgan fingerprint density at radius 3 is 2.22 bits per heavy atom. The fraction of sp³-hybridized carbons (Fsp3) is 0.524. The molecule has 6 N–H and O–H groups in total. The molecule has 0 aromatic carbocycles. The second-order valence-electron chi connectivity index (χ2n) is 10.3. The topological polar surface area (TPSA) is 306 Å². The second-order valence-corrected chi connectivity index (χ2v) is 13.1. The van der Waals surface area contributed by atoms with Crippen molar-refractivity contribution in [3.63, 3.8) is 0 Å². The van der Waals surface area contributed by atoms with Gasteiger partial charge in [-0.15, -0.1) is 0 Å². The van der Waals surface area contributed by atoms with E-state index in [0.29, 0.717) is 0 Å². The van der Waals surface area contributed by atoms with Crippen LogP contribution in [0.3, 0.4) is 0 Å². The minimum atomic E-state index is -5.29. The Bertz CT molecular complexity index is 1930. The van der Waals surface area contributed by atoms with Gasteiger partial charge in [0.25, 0.3) is 13.4 Å². The van der Waals surface area contributed by atoms with Crippen molar-refractivity contribution >= 4 is 43.8 Å². The number of hydrogen-bond acceptors (Lipinski definition) is 18. The van der Waals surface area contributed by atoms with Gasteiger partial charge in [-0.1, -0.05) is 0 Å². The highest BCUT2D eigenvalue weighted by Gasteiger charge is 2.53. The van der Waals surface area contributed by atoms with Crippen LogP contribution in [0.4, 0.5) is 5.82 Å². The van der Waals surface area contributed by atoms with E-state index < -0.39 is 83.5 Å². The molecular formula is C21H24N9O13P2-. The number of phosphoric ester groups is 2. The first-order valence-corrected chi connectivity index (χ1v) is 16.1. The molecule has 0 saturated carbocycles. The summed E-state index contributed by atoms with van der Waals surface area (Å²) in [5.74, 6) is 0.257. The molecule has 0 radical (unpaired) electrons. The number of nitrogens with zero attached hydrogens (tertiary/aromatic N) is 7. The van der Waals surface area contributed by atoms with Gasteiger partial charge in [-0.2, -0.15) is 0 Å². The lowest BCUT2D eigenvalue weighted by molar-refractivity contribution is -0.236. The number of fused-ring (bicyclic) bond motifs is 4. The molecule has 4 aromatic rings. The maximum atomic E-state index is 13.1. The lowest BCUT2D eigenvalue weighted by atomic mass is 10.1. The Hall–Kier alpha value is -3.24. The number of aromatic amines is 1. The molecule has 10 atom stereocenters. The van der Waals surface area contributed by atoms with Crippen LogP contribution in [-0.2, 0) is 36.7 Å². The quantitative estimate of drug-likeness (QED) is 0.140. The van der Waals surface area contributed by atoms with Crippen LogP contribution in [0.1, 0.15) is 18.3 Å². The summed E-state index contributed by atoms with van der Waals surface area (Å²) < 4.78 is 60.6. The molecule has 0 amide bonds. The number of H-pyrrole nitrogens is 1. The molecule has 0 bridgehead atoms. The molecular weight excluding hydrogens is 648 g/mol. The maximum Gasteiger partial charge on any atom is 0.472 e. The van der Waals surface area contributed by atoms with E-state index in [-0.39, 0.29) is 34.0 Å². The number of nitrogens with two attached hydrogens (primary N) is 1. The van der Waals surface area contributed by atoms with Crippen LogP contribution in [-0.4, -0.2) is 104 Å². The number of nitrogens with one attached hydrogen (secondary N) is 1. The molecule has 22 nitrogen and oxygen atoms in total. The van der Waals surface area contributed by atoms with E-state index in [9.17, 15) is 33.9 Å². The summed E-state index contributed by atoms with van der Waals surface area (Å²) in [6.07, 6.45) is -9.15. The summed E-state index contributed by atoms with van der Waals surface area (Å²) in [5, 5.41) is 22.2. The molecule has 2 unspecified atom stereocenters. The first kappa shape index (κ1) is 30.4. The smallest absolute Gasteiger partial charge is 0.472 e. The van der Waals surface area contributed by atoms with Crippen molar-refractivity contribution in [2.45, 2.75) is 56.0 Å². The van der Waals surface area contributed by atoms with Crippen LogP contribution in [0, 0.1) is 6.92 Å². The van der Waals surface area contributed by atoms with Gasteiger partial charge in [0.05, 0.1) is 25.9 Å². The minimum absolute atomic E-state index is 0.00425. The Morgan fingerprint density at radius 2 is 1.53 bits per heavy atom. The number of aromatic nitrogens is 8. The third-order valence-electron chi connectivity index (χ3n) is 7.41. The highest BCUT2D eigenvalue weighted by atomic mass is 31.2. The van der Waals surface area contributed by atoms with E-state index in [1.165, 1.54) is 22.4 Å². The van der Waals surface area contributed by atoms with E-state index in [0.717, 1.165) is 12.7 Å². The fourth-order valence-electron chi connectivity index (χ4n) is 5.40. The predicted molar refractivity (Wildman–Crippen MR) is 142 cm³/mol. The Balaban J connectivity index is 1.17. The van der Waals surface area contributed by atoms with Crippen molar-refractivity contribution in [2.24, 2.45) is 0 Å². The Kier molecular flexibility index (Phi) is 7.39. The van der Waals surface area contributed by atoms with E-state index in [1.54, 1.807) is 0 Å². The number of hydrogen-bond donors (Lipinski definition) is 5.